The van der Waals surface area contributed by atoms with Crippen LogP contribution in [-0.2, 0) is 20.5 Å². The van der Waals surface area contributed by atoms with Crippen molar-refractivity contribution >= 4 is 40.8 Å². The summed E-state index contributed by atoms with van der Waals surface area (Å²) in [7, 11) is 0. The molecule has 1 amide bonds. The highest BCUT2D eigenvalue weighted by molar-refractivity contribution is 6.35. The van der Waals surface area contributed by atoms with E-state index >= 15 is 0 Å². The van der Waals surface area contributed by atoms with E-state index in [1.165, 1.54) is 31.2 Å². The SMILES string of the molecule is C[C@H](Oc1ccc(Cl)cc1Cl)C(=O)OCC(=O)Nc1cccc(C(F)(F)F)c1. The minimum absolute atomic E-state index is 0.0758. The molecule has 5 nitrogen and oxygen atoms in total. The highest BCUT2D eigenvalue weighted by Gasteiger charge is 2.30. The van der Waals surface area contributed by atoms with Crippen molar-refractivity contribution < 1.29 is 32.2 Å². The fourth-order valence-corrected chi connectivity index (χ4v) is 2.49. The van der Waals surface area contributed by atoms with E-state index in [1.807, 2.05) is 0 Å². The summed E-state index contributed by atoms with van der Waals surface area (Å²) in [5, 5.41) is 2.80. The molecule has 0 aliphatic rings. The van der Waals surface area contributed by atoms with E-state index in [2.05, 4.69) is 5.32 Å². The number of carbonyl (C=O) groups is 2. The van der Waals surface area contributed by atoms with E-state index < -0.39 is 36.3 Å². The average molecular weight is 436 g/mol. The zero-order chi connectivity index (χ0) is 20.9. The maximum Gasteiger partial charge on any atom is 0.416 e. The Balaban J connectivity index is 1.87. The molecule has 150 valence electrons. The number of benzene rings is 2. The Kier molecular flexibility index (Phi) is 7.15. The average Bonchev–Trinajstić information content (AvgIpc) is 2.61. The number of nitrogens with one attached hydrogen (secondary N) is 1. The van der Waals surface area contributed by atoms with Crippen molar-refractivity contribution in [1.82, 2.24) is 0 Å². The van der Waals surface area contributed by atoms with Gasteiger partial charge in [0, 0.05) is 10.7 Å². The molecule has 1 atom stereocenters. The molecule has 0 fully saturated rings. The van der Waals surface area contributed by atoms with Crippen LogP contribution >= 0.6 is 23.2 Å². The molecule has 2 rings (SSSR count). The molecule has 0 saturated carbocycles. The van der Waals surface area contributed by atoms with Gasteiger partial charge in [0.2, 0.25) is 0 Å². The molecular weight excluding hydrogens is 422 g/mol. The number of halogens is 5. The number of amides is 1. The van der Waals surface area contributed by atoms with Crippen LogP contribution in [0, 0.1) is 0 Å². The summed E-state index contributed by atoms with van der Waals surface area (Å²) < 4.78 is 48.1. The summed E-state index contributed by atoms with van der Waals surface area (Å²) in [6, 6.07) is 8.49. The van der Waals surface area contributed by atoms with E-state index in [9.17, 15) is 22.8 Å². The largest absolute Gasteiger partial charge is 0.477 e. The third-order valence-electron chi connectivity index (χ3n) is 3.35. The highest BCUT2D eigenvalue weighted by Crippen LogP contribution is 2.31. The maximum absolute atomic E-state index is 12.7. The predicted molar refractivity (Wildman–Crippen MR) is 97.6 cm³/mol. The Labute approximate surface area is 168 Å². The van der Waals surface area contributed by atoms with E-state index in [1.54, 1.807) is 0 Å². The molecule has 0 bridgehead atoms. The van der Waals surface area contributed by atoms with Gasteiger partial charge in [0.15, 0.2) is 12.7 Å². The van der Waals surface area contributed by atoms with Crippen molar-refractivity contribution in [2.45, 2.75) is 19.2 Å². The molecule has 0 aliphatic carbocycles. The Hall–Kier alpha value is -2.45. The van der Waals surface area contributed by atoms with Crippen molar-refractivity contribution in [2.24, 2.45) is 0 Å². The van der Waals surface area contributed by atoms with Crippen LogP contribution in [0.25, 0.3) is 0 Å². The van der Waals surface area contributed by atoms with E-state index in [0.29, 0.717) is 5.02 Å². The summed E-state index contributed by atoms with van der Waals surface area (Å²) in [5.41, 5.74) is -0.989. The first-order valence-electron chi connectivity index (χ1n) is 7.81. The Morgan fingerprint density at radius 3 is 2.50 bits per heavy atom. The van der Waals surface area contributed by atoms with E-state index in [4.69, 9.17) is 32.7 Å². The van der Waals surface area contributed by atoms with Gasteiger partial charge >= 0.3 is 12.1 Å². The molecule has 0 saturated heterocycles. The molecular formula is C18H14Cl2F3NO4. The van der Waals surface area contributed by atoms with Gasteiger partial charge in [-0.1, -0.05) is 29.3 Å². The number of rotatable bonds is 6. The Bertz CT molecular complexity index is 874. The van der Waals surface area contributed by atoms with Crippen LogP contribution in [0.4, 0.5) is 18.9 Å². The maximum atomic E-state index is 12.7. The molecule has 0 spiro atoms. The number of alkyl halides is 3. The second-order valence-corrected chi connectivity index (χ2v) is 6.41. The molecule has 1 N–H and O–H groups in total. The van der Waals surface area contributed by atoms with Crippen LogP contribution in [0.1, 0.15) is 12.5 Å². The van der Waals surface area contributed by atoms with Gasteiger partial charge in [-0.15, -0.1) is 0 Å². The first-order valence-corrected chi connectivity index (χ1v) is 8.57. The number of hydrogen-bond acceptors (Lipinski definition) is 4. The smallest absolute Gasteiger partial charge is 0.416 e. The zero-order valence-electron chi connectivity index (χ0n) is 14.3. The standard InChI is InChI=1S/C18H14Cl2F3NO4/c1-10(28-15-6-5-12(19)8-14(15)20)17(26)27-9-16(25)24-13-4-2-3-11(7-13)18(21,22)23/h2-8,10H,9H2,1H3,(H,24,25)/t10-/m0/s1. The minimum atomic E-state index is -4.54. The van der Waals surface area contributed by atoms with Gasteiger partial charge in [-0.3, -0.25) is 4.79 Å². The number of hydrogen-bond donors (Lipinski definition) is 1. The van der Waals surface area contributed by atoms with Gasteiger partial charge in [0.25, 0.3) is 5.91 Å². The molecule has 0 radical (unpaired) electrons. The summed E-state index contributed by atoms with van der Waals surface area (Å²) in [6.45, 7) is 0.690. The van der Waals surface area contributed by atoms with Gasteiger partial charge in [-0.25, -0.2) is 4.79 Å². The Morgan fingerprint density at radius 1 is 1.14 bits per heavy atom. The van der Waals surface area contributed by atoms with Crippen molar-refractivity contribution in [2.75, 3.05) is 11.9 Å². The lowest BCUT2D eigenvalue weighted by atomic mass is 10.2. The van der Waals surface area contributed by atoms with Crippen LogP contribution in [0.15, 0.2) is 42.5 Å². The van der Waals surface area contributed by atoms with Crippen LogP contribution in [0.3, 0.4) is 0 Å². The second kappa shape index (κ2) is 9.16. The molecule has 0 heterocycles. The first kappa shape index (κ1) is 21.8. The van der Waals surface area contributed by atoms with Crippen LogP contribution in [0.2, 0.25) is 10.0 Å². The molecule has 2 aromatic carbocycles. The number of ether oxygens (including phenoxy) is 2. The molecule has 2 aromatic rings. The fraction of sp³-hybridized carbons (Fsp3) is 0.222. The lowest BCUT2D eigenvalue weighted by Crippen LogP contribution is -2.29. The normalized spacial score (nSPS) is 12.2. The predicted octanol–water partition coefficient (Wildman–Crippen LogP) is 4.96. The van der Waals surface area contributed by atoms with Gasteiger partial charge in [-0.05, 0) is 43.3 Å². The quantitative estimate of drug-likeness (QED) is 0.651. The number of anilines is 1. The van der Waals surface area contributed by atoms with Crippen LogP contribution in [-0.4, -0.2) is 24.6 Å². The molecule has 10 heteroatoms. The summed E-state index contributed by atoms with van der Waals surface area (Å²) in [6.07, 6.45) is -5.62. The lowest BCUT2D eigenvalue weighted by molar-refractivity contribution is -0.153. The van der Waals surface area contributed by atoms with Gasteiger partial charge in [0.1, 0.15) is 5.75 Å². The summed E-state index contributed by atoms with van der Waals surface area (Å²) in [5.74, 6) is -1.46. The summed E-state index contributed by atoms with van der Waals surface area (Å²) in [4.78, 5) is 23.7. The van der Waals surface area contributed by atoms with Crippen molar-refractivity contribution in [3.63, 3.8) is 0 Å². The third kappa shape index (κ3) is 6.31. The number of esters is 1. The Morgan fingerprint density at radius 2 is 1.86 bits per heavy atom. The van der Waals surface area contributed by atoms with Gasteiger partial charge < -0.3 is 14.8 Å². The van der Waals surface area contributed by atoms with E-state index in [0.717, 1.165) is 18.2 Å². The molecule has 28 heavy (non-hydrogen) atoms. The molecule has 0 aliphatic heterocycles. The monoisotopic (exact) mass is 435 g/mol. The molecule has 0 aromatic heterocycles. The lowest BCUT2D eigenvalue weighted by Gasteiger charge is -2.15. The first-order chi connectivity index (χ1) is 13.1. The van der Waals surface area contributed by atoms with Crippen molar-refractivity contribution in [1.29, 1.82) is 0 Å². The fourth-order valence-electron chi connectivity index (χ4n) is 2.03. The van der Waals surface area contributed by atoms with Crippen LogP contribution in [0.5, 0.6) is 5.75 Å². The van der Waals surface area contributed by atoms with Gasteiger partial charge in [0.05, 0.1) is 10.6 Å². The molecule has 0 unspecified atom stereocenters. The highest BCUT2D eigenvalue weighted by atomic mass is 35.5. The van der Waals surface area contributed by atoms with Crippen LogP contribution < -0.4 is 10.1 Å². The van der Waals surface area contributed by atoms with Crippen molar-refractivity contribution in [3.8, 4) is 5.75 Å². The third-order valence-corrected chi connectivity index (χ3v) is 3.88. The summed E-state index contributed by atoms with van der Waals surface area (Å²) >= 11 is 11.7. The van der Waals surface area contributed by atoms with Gasteiger partial charge in [-0.2, -0.15) is 13.2 Å². The minimum Gasteiger partial charge on any atom is -0.477 e. The zero-order valence-corrected chi connectivity index (χ0v) is 15.9. The number of carbonyl (C=O) groups excluding carboxylic acids is 2. The van der Waals surface area contributed by atoms with Crippen molar-refractivity contribution in [3.05, 3.63) is 58.1 Å². The topological polar surface area (TPSA) is 64.6 Å². The van der Waals surface area contributed by atoms with E-state index in [-0.39, 0.29) is 16.5 Å². The second-order valence-electron chi connectivity index (χ2n) is 5.57.